The molecule has 0 spiro atoms. The van der Waals surface area contributed by atoms with E-state index in [0.29, 0.717) is 11.8 Å². The molecule has 4 rings (SSSR count). The number of carboxylic acid groups (broad SMARTS) is 1. The maximum Gasteiger partial charge on any atom is 0.217 e. The van der Waals surface area contributed by atoms with Crippen molar-refractivity contribution in [3.63, 3.8) is 0 Å². The summed E-state index contributed by atoms with van der Waals surface area (Å²) in [5, 5.41) is 14.2. The fourth-order valence-corrected chi connectivity index (χ4v) is 6.00. The van der Waals surface area contributed by atoms with E-state index in [2.05, 4.69) is 12.2 Å². The van der Waals surface area contributed by atoms with Gasteiger partial charge in [0.15, 0.2) is 0 Å². The van der Waals surface area contributed by atoms with Crippen molar-refractivity contribution >= 4 is 11.9 Å². The second-order valence-electron chi connectivity index (χ2n) is 7.79. The number of hydrogen-bond donors (Lipinski definition) is 1. The molecule has 4 aliphatic carbocycles. The molecule has 0 unspecified atom stereocenters. The van der Waals surface area contributed by atoms with Crippen LogP contribution >= 0.6 is 0 Å². The standard InChI is InChI=1S/C16H25NO3/c1-10(17-11(2)18)16-6-12-3-13(7-16)5-15(4-12,9-16)8-14(19)20/h10,12-13H,3-9H2,1-2H3,(H,17,18)(H,19,20)/p-1/t10-,12-,13-,15?,16?/m0/s1. The Kier molecular flexibility index (Phi) is 3.11. The van der Waals surface area contributed by atoms with Gasteiger partial charge in [-0.25, -0.2) is 0 Å². The van der Waals surface area contributed by atoms with E-state index in [9.17, 15) is 14.7 Å². The first kappa shape index (κ1) is 13.9. The van der Waals surface area contributed by atoms with Crippen LogP contribution in [-0.2, 0) is 9.59 Å². The van der Waals surface area contributed by atoms with E-state index in [1.165, 1.54) is 6.42 Å². The molecule has 0 heterocycles. The van der Waals surface area contributed by atoms with E-state index >= 15 is 0 Å². The molecule has 4 heteroatoms. The average molecular weight is 278 g/mol. The number of carboxylic acids is 1. The molecule has 4 fully saturated rings. The SMILES string of the molecule is CC(=O)N[C@@H](C)C12C[C@H]3C[C@@H](CC(CC(=O)[O-])(C3)C1)C2. The molecule has 4 bridgehead atoms. The average Bonchev–Trinajstić information content (AvgIpc) is 2.23. The number of rotatable bonds is 4. The maximum atomic E-state index is 11.4. The lowest BCUT2D eigenvalue weighted by Gasteiger charge is -2.64. The van der Waals surface area contributed by atoms with Crippen LogP contribution in [0.5, 0.6) is 0 Å². The summed E-state index contributed by atoms with van der Waals surface area (Å²) in [5.41, 5.74) is 0.0564. The van der Waals surface area contributed by atoms with Crippen LogP contribution in [0.15, 0.2) is 0 Å². The number of nitrogens with one attached hydrogen (secondary N) is 1. The molecule has 0 aromatic carbocycles. The van der Waals surface area contributed by atoms with E-state index in [1.54, 1.807) is 6.92 Å². The summed E-state index contributed by atoms with van der Waals surface area (Å²) >= 11 is 0. The predicted octanol–water partition coefficient (Wildman–Crippen LogP) is 1.24. The van der Waals surface area contributed by atoms with Crippen molar-refractivity contribution in [1.29, 1.82) is 0 Å². The zero-order valence-corrected chi connectivity index (χ0v) is 12.4. The maximum absolute atomic E-state index is 11.4. The number of carbonyl (C=O) groups is 2. The minimum atomic E-state index is -0.908. The summed E-state index contributed by atoms with van der Waals surface area (Å²) in [7, 11) is 0. The minimum Gasteiger partial charge on any atom is -0.550 e. The van der Waals surface area contributed by atoms with Gasteiger partial charge in [0.05, 0.1) is 0 Å². The summed E-state index contributed by atoms with van der Waals surface area (Å²) in [5.74, 6) is 0.398. The lowest BCUT2D eigenvalue weighted by atomic mass is 9.42. The van der Waals surface area contributed by atoms with Crippen LogP contribution in [0.3, 0.4) is 0 Å². The lowest BCUT2D eigenvalue weighted by Crippen LogP contribution is -2.59. The Hall–Kier alpha value is -1.06. The highest BCUT2D eigenvalue weighted by atomic mass is 16.4. The highest BCUT2D eigenvalue weighted by Gasteiger charge is 2.59. The van der Waals surface area contributed by atoms with E-state index in [4.69, 9.17) is 0 Å². The number of aliphatic carboxylic acids is 1. The molecule has 0 saturated heterocycles. The van der Waals surface area contributed by atoms with Crippen LogP contribution in [0.2, 0.25) is 0 Å². The van der Waals surface area contributed by atoms with E-state index in [0.717, 1.165) is 32.1 Å². The molecule has 0 aliphatic heterocycles. The summed E-state index contributed by atoms with van der Waals surface area (Å²) in [6.07, 6.45) is 6.80. The molecule has 112 valence electrons. The zero-order chi connectivity index (χ0) is 14.5. The lowest BCUT2D eigenvalue weighted by molar-refractivity contribution is -0.310. The Bertz CT molecular complexity index is 431. The van der Waals surface area contributed by atoms with Gasteiger partial charge >= 0.3 is 0 Å². The number of carbonyl (C=O) groups excluding carboxylic acids is 2. The highest BCUT2D eigenvalue weighted by molar-refractivity contribution is 5.73. The quantitative estimate of drug-likeness (QED) is 0.841. The largest absolute Gasteiger partial charge is 0.550 e. The molecule has 4 nitrogen and oxygen atoms in total. The number of hydrogen-bond acceptors (Lipinski definition) is 3. The Morgan fingerprint density at radius 3 is 2.35 bits per heavy atom. The van der Waals surface area contributed by atoms with Gasteiger partial charge in [-0.05, 0) is 74.5 Å². The Morgan fingerprint density at radius 2 is 1.85 bits per heavy atom. The molecule has 0 aromatic rings. The Labute approximate surface area is 120 Å². The second kappa shape index (κ2) is 4.47. The molecule has 3 atom stereocenters. The molecule has 4 aliphatic rings. The van der Waals surface area contributed by atoms with E-state index in [-0.39, 0.29) is 29.2 Å². The highest BCUT2D eigenvalue weighted by Crippen LogP contribution is 2.67. The van der Waals surface area contributed by atoms with Crippen molar-refractivity contribution in [3.8, 4) is 0 Å². The van der Waals surface area contributed by atoms with E-state index in [1.807, 2.05) is 0 Å². The first-order valence-electron chi connectivity index (χ1n) is 7.79. The predicted molar refractivity (Wildman–Crippen MR) is 72.5 cm³/mol. The van der Waals surface area contributed by atoms with Crippen LogP contribution in [0, 0.1) is 22.7 Å². The van der Waals surface area contributed by atoms with Crippen molar-refractivity contribution in [2.75, 3.05) is 0 Å². The third-order valence-corrected chi connectivity index (χ3v) is 6.09. The van der Waals surface area contributed by atoms with Crippen LogP contribution in [-0.4, -0.2) is 17.9 Å². The summed E-state index contributed by atoms with van der Waals surface area (Å²) in [6, 6.07) is 0.145. The third kappa shape index (κ3) is 2.23. The third-order valence-electron chi connectivity index (χ3n) is 6.09. The van der Waals surface area contributed by atoms with Gasteiger partial charge < -0.3 is 15.2 Å². The van der Waals surface area contributed by atoms with Gasteiger partial charge in [0.2, 0.25) is 5.91 Å². The molecule has 20 heavy (non-hydrogen) atoms. The number of amides is 1. The second-order valence-corrected chi connectivity index (χ2v) is 7.79. The van der Waals surface area contributed by atoms with Crippen molar-refractivity contribution < 1.29 is 14.7 Å². The summed E-state index contributed by atoms with van der Waals surface area (Å²) in [6.45, 7) is 3.66. The van der Waals surface area contributed by atoms with Crippen molar-refractivity contribution in [1.82, 2.24) is 5.32 Å². The van der Waals surface area contributed by atoms with Gasteiger partial charge in [-0.2, -0.15) is 0 Å². The summed E-state index contributed by atoms with van der Waals surface area (Å²) < 4.78 is 0. The minimum absolute atomic E-state index is 0.0159. The Morgan fingerprint density at radius 1 is 1.25 bits per heavy atom. The smallest absolute Gasteiger partial charge is 0.217 e. The van der Waals surface area contributed by atoms with Crippen LogP contribution < -0.4 is 10.4 Å². The summed E-state index contributed by atoms with van der Waals surface area (Å²) in [4.78, 5) is 22.5. The van der Waals surface area contributed by atoms with Crippen molar-refractivity contribution in [2.45, 2.75) is 64.8 Å². The molecule has 1 amide bonds. The topological polar surface area (TPSA) is 69.2 Å². The molecule has 0 radical (unpaired) electrons. The molecule has 0 aromatic heterocycles. The molecular weight excluding hydrogens is 254 g/mol. The molecule has 4 saturated carbocycles. The normalized spacial score (nSPS) is 43.3. The molecular formula is C16H24NO3-. The van der Waals surface area contributed by atoms with Crippen LogP contribution in [0.1, 0.15) is 58.8 Å². The van der Waals surface area contributed by atoms with Crippen molar-refractivity contribution in [2.24, 2.45) is 22.7 Å². The van der Waals surface area contributed by atoms with E-state index < -0.39 is 5.97 Å². The van der Waals surface area contributed by atoms with Gasteiger partial charge in [0, 0.05) is 18.9 Å². The fourth-order valence-electron chi connectivity index (χ4n) is 6.00. The van der Waals surface area contributed by atoms with Crippen LogP contribution in [0.25, 0.3) is 0 Å². The van der Waals surface area contributed by atoms with Crippen molar-refractivity contribution in [3.05, 3.63) is 0 Å². The monoisotopic (exact) mass is 278 g/mol. The van der Waals surface area contributed by atoms with Gasteiger partial charge in [-0.15, -0.1) is 0 Å². The first-order valence-corrected chi connectivity index (χ1v) is 7.79. The van der Waals surface area contributed by atoms with Gasteiger partial charge in [0.25, 0.3) is 0 Å². The van der Waals surface area contributed by atoms with Gasteiger partial charge in [-0.1, -0.05) is 0 Å². The van der Waals surface area contributed by atoms with Crippen LogP contribution in [0.4, 0.5) is 0 Å². The zero-order valence-electron chi connectivity index (χ0n) is 12.4. The van der Waals surface area contributed by atoms with Gasteiger partial charge in [0.1, 0.15) is 0 Å². The molecule has 1 N–H and O–H groups in total. The fraction of sp³-hybridized carbons (Fsp3) is 0.875. The first-order chi connectivity index (χ1) is 9.32. The van der Waals surface area contributed by atoms with Gasteiger partial charge in [-0.3, -0.25) is 4.79 Å². The Balaban J connectivity index is 1.86.